The van der Waals surface area contributed by atoms with Crippen LogP contribution in [-0.2, 0) is 0 Å². The highest BCUT2D eigenvalue weighted by Crippen LogP contribution is 2.37. The van der Waals surface area contributed by atoms with Crippen molar-refractivity contribution < 1.29 is 22.0 Å². The summed E-state index contributed by atoms with van der Waals surface area (Å²) in [6, 6.07) is 0. The molecule has 0 aromatic rings. The van der Waals surface area contributed by atoms with Crippen LogP contribution in [0.5, 0.6) is 0 Å². The molecule has 5 heteroatoms. The Bertz CT molecular complexity index is 112. The normalized spacial score (nSPS) is 17.1. The van der Waals surface area contributed by atoms with Gasteiger partial charge in [-0.25, -0.2) is 13.2 Å². The molecule has 1 unspecified atom stereocenters. The third kappa shape index (κ3) is 1.58. The number of rotatable bonds is 2. The maximum absolute atomic E-state index is 11.9. The molecule has 0 bridgehead atoms. The van der Waals surface area contributed by atoms with Gasteiger partial charge in [0.1, 0.15) is 0 Å². The second kappa shape index (κ2) is 2.36. The maximum Gasteiger partial charge on any atom is 0.340 e. The van der Waals surface area contributed by atoms with Gasteiger partial charge in [-0.1, -0.05) is 0 Å². The van der Waals surface area contributed by atoms with E-state index in [1.54, 1.807) is 0 Å². The molecule has 0 amide bonds. The van der Waals surface area contributed by atoms with Gasteiger partial charge in [0.15, 0.2) is 6.17 Å². The monoisotopic (exact) mass is 161 g/mol. The van der Waals surface area contributed by atoms with Crippen molar-refractivity contribution in [3.8, 4) is 0 Å². The summed E-state index contributed by atoms with van der Waals surface area (Å²) < 4.78 is 58.8. The lowest BCUT2D eigenvalue weighted by molar-refractivity contribution is -0.220. The predicted octanol–water partition coefficient (Wildman–Crippen LogP) is 2.45. The van der Waals surface area contributed by atoms with Gasteiger partial charge in [0.25, 0.3) is 0 Å². The Labute approximate surface area is 55.0 Å². The second-order valence-corrected chi connectivity index (χ2v) is 1.98. The molecule has 1 atom stereocenters. The summed E-state index contributed by atoms with van der Waals surface area (Å²) in [7, 11) is 0. The highest BCUT2D eigenvalue weighted by Gasteiger charge is 2.56. The van der Waals surface area contributed by atoms with Gasteiger partial charge in [0.2, 0.25) is 0 Å². The van der Waals surface area contributed by atoms with Crippen LogP contribution in [-0.4, -0.2) is 18.0 Å². The molecule has 1 radical (unpaired) electrons. The van der Waals surface area contributed by atoms with Gasteiger partial charge in [-0.3, -0.25) is 0 Å². The summed E-state index contributed by atoms with van der Waals surface area (Å²) in [5.74, 6) is -9.03. The fourth-order valence-corrected chi connectivity index (χ4v) is 0.275. The zero-order valence-electron chi connectivity index (χ0n) is 5.17. The summed E-state index contributed by atoms with van der Waals surface area (Å²) in [4.78, 5) is 0. The average molecular weight is 161 g/mol. The van der Waals surface area contributed by atoms with Crippen LogP contribution >= 0.6 is 0 Å². The van der Waals surface area contributed by atoms with E-state index in [-0.39, 0.29) is 6.92 Å². The minimum absolute atomic E-state index is 0.0508. The first-order chi connectivity index (χ1) is 4.19. The topological polar surface area (TPSA) is 0 Å². The Balaban J connectivity index is 4.40. The van der Waals surface area contributed by atoms with Crippen LogP contribution in [0.1, 0.15) is 6.92 Å². The SMILES string of the molecule is [CH2]C(F)C(F)(F)C(C)(F)F. The van der Waals surface area contributed by atoms with Gasteiger partial charge in [0.05, 0.1) is 0 Å². The summed E-state index contributed by atoms with van der Waals surface area (Å²) in [5, 5.41) is 0. The van der Waals surface area contributed by atoms with E-state index < -0.39 is 18.0 Å². The van der Waals surface area contributed by atoms with Crippen LogP contribution in [0.2, 0.25) is 0 Å². The van der Waals surface area contributed by atoms with E-state index in [1.165, 1.54) is 0 Å². The van der Waals surface area contributed by atoms with E-state index >= 15 is 0 Å². The maximum atomic E-state index is 11.9. The van der Waals surface area contributed by atoms with Crippen molar-refractivity contribution in [2.24, 2.45) is 0 Å². The number of halogens is 5. The zero-order valence-corrected chi connectivity index (χ0v) is 5.17. The van der Waals surface area contributed by atoms with E-state index in [2.05, 4.69) is 6.92 Å². The third-order valence-corrected chi connectivity index (χ3v) is 0.979. The number of hydrogen-bond donors (Lipinski definition) is 0. The van der Waals surface area contributed by atoms with Crippen molar-refractivity contribution in [1.82, 2.24) is 0 Å². The lowest BCUT2D eigenvalue weighted by Crippen LogP contribution is -2.44. The third-order valence-electron chi connectivity index (χ3n) is 0.979. The van der Waals surface area contributed by atoms with Gasteiger partial charge >= 0.3 is 11.8 Å². The molecule has 0 heterocycles. The van der Waals surface area contributed by atoms with Crippen LogP contribution in [0.4, 0.5) is 22.0 Å². The van der Waals surface area contributed by atoms with Crippen molar-refractivity contribution in [1.29, 1.82) is 0 Å². The largest absolute Gasteiger partial charge is 0.340 e. The lowest BCUT2D eigenvalue weighted by atomic mass is 10.1. The minimum Gasteiger partial charge on any atom is -0.241 e. The molecular formula is C5H6F5. The highest BCUT2D eigenvalue weighted by atomic mass is 19.3. The van der Waals surface area contributed by atoms with Crippen LogP contribution in [0.3, 0.4) is 0 Å². The van der Waals surface area contributed by atoms with E-state index in [1.807, 2.05) is 0 Å². The molecule has 0 saturated carbocycles. The van der Waals surface area contributed by atoms with E-state index in [4.69, 9.17) is 0 Å². The van der Waals surface area contributed by atoms with Crippen molar-refractivity contribution in [2.45, 2.75) is 24.9 Å². The molecular weight excluding hydrogens is 155 g/mol. The standard InChI is InChI=1S/C5H6F5/c1-3(6)5(9,10)4(2,7)8/h3H,1H2,2H3. The second-order valence-electron chi connectivity index (χ2n) is 1.98. The van der Waals surface area contributed by atoms with Crippen LogP contribution in [0.15, 0.2) is 0 Å². The van der Waals surface area contributed by atoms with Crippen LogP contribution < -0.4 is 0 Å². The lowest BCUT2D eigenvalue weighted by Gasteiger charge is -2.23. The fraction of sp³-hybridized carbons (Fsp3) is 0.800. The number of alkyl halides is 5. The minimum atomic E-state index is -4.67. The summed E-state index contributed by atoms with van der Waals surface area (Å²) >= 11 is 0. The van der Waals surface area contributed by atoms with Crippen LogP contribution in [0, 0.1) is 6.92 Å². The highest BCUT2D eigenvalue weighted by molar-refractivity contribution is 4.88. The molecule has 0 saturated heterocycles. The molecule has 0 aliphatic rings. The molecule has 0 spiro atoms. The first kappa shape index (κ1) is 9.65. The molecule has 10 heavy (non-hydrogen) atoms. The quantitative estimate of drug-likeness (QED) is 0.545. The van der Waals surface area contributed by atoms with Gasteiger partial charge in [-0.05, 0) is 6.92 Å². The van der Waals surface area contributed by atoms with E-state index in [9.17, 15) is 22.0 Å². The molecule has 61 valence electrons. The Morgan fingerprint density at radius 3 is 1.50 bits per heavy atom. The molecule has 0 rings (SSSR count). The summed E-state index contributed by atoms with van der Waals surface area (Å²) in [6.07, 6.45) is -3.08. The van der Waals surface area contributed by atoms with Gasteiger partial charge in [0, 0.05) is 6.92 Å². The number of hydrogen-bond acceptors (Lipinski definition) is 0. The molecule has 0 aromatic heterocycles. The first-order valence-electron chi connectivity index (χ1n) is 2.42. The Hall–Kier alpha value is -0.350. The van der Waals surface area contributed by atoms with Gasteiger partial charge < -0.3 is 0 Å². The summed E-state index contributed by atoms with van der Waals surface area (Å²) in [6.45, 7) is 2.13. The Morgan fingerprint density at radius 1 is 1.20 bits per heavy atom. The first-order valence-corrected chi connectivity index (χ1v) is 2.42. The Morgan fingerprint density at radius 2 is 1.50 bits per heavy atom. The average Bonchev–Trinajstić information content (AvgIpc) is 1.62. The van der Waals surface area contributed by atoms with Crippen molar-refractivity contribution in [3.05, 3.63) is 6.92 Å². The summed E-state index contributed by atoms with van der Waals surface area (Å²) in [5.41, 5.74) is 0. The molecule has 0 N–H and O–H groups in total. The van der Waals surface area contributed by atoms with Crippen molar-refractivity contribution >= 4 is 0 Å². The molecule has 0 aromatic carbocycles. The van der Waals surface area contributed by atoms with Gasteiger partial charge in [-0.15, -0.1) is 0 Å². The molecule has 0 fully saturated rings. The fourth-order valence-electron chi connectivity index (χ4n) is 0.275. The van der Waals surface area contributed by atoms with E-state index in [0.29, 0.717) is 0 Å². The Kier molecular flexibility index (Phi) is 2.28. The molecule has 0 nitrogen and oxygen atoms in total. The molecule has 0 aliphatic heterocycles. The molecule has 0 aliphatic carbocycles. The van der Waals surface area contributed by atoms with Crippen molar-refractivity contribution in [2.75, 3.05) is 0 Å². The zero-order chi connectivity index (χ0) is 8.58. The van der Waals surface area contributed by atoms with Crippen molar-refractivity contribution in [3.63, 3.8) is 0 Å². The smallest absolute Gasteiger partial charge is 0.241 e. The van der Waals surface area contributed by atoms with Gasteiger partial charge in [-0.2, -0.15) is 8.78 Å². The predicted molar refractivity (Wildman–Crippen MR) is 25.8 cm³/mol. The van der Waals surface area contributed by atoms with E-state index in [0.717, 1.165) is 0 Å². The van der Waals surface area contributed by atoms with Crippen LogP contribution in [0.25, 0.3) is 0 Å².